The lowest BCUT2D eigenvalue weighted by atomic mass is 10.4. The molecule has 0 bridgehead atoms. The quantitative estimate of drug-likeness (QED) is 0.657. The second-order valence-corrected chi connectivity index (χ2v) is 6.03. The maximum Gasteiger partial charge on any atom is 0.148 e. The maximum absolute atomic E-state index is 10.9. The Morgan fingerprint density at radius 1 is 1.43 bits per heavy atom. The van der Waals surface area contributed by atoms with Crippen LogP contribution in [0.1, 0.15) is 13.8 Å². The third-order valence-electron chi connectivity index (χ3n) is 2.08. The van der Waals surface area contributed by atoms with Crippen molar-refractivity contribution in [1.82, 2.24) is 10.2 Å². The Morgan fingerprint density at radius 3 is 2.43 bits per heavy atom. The third-order valence-corrected chi connectivity index (χ3v) is 3.18. The minimum absolute atomic E-state index is 0.0373. The molecule has 0 spiro atoms. The van der Waals surface area contributed by atoms with Crippen LogP contribution in [-0.4, -0.2) is 58.1 Å². The molecule has 0 aliphatic carbocycles. The molecule has 0 saturated heterocycles. The van der Waals surface area contributed by atoms with Crippen LogP contribution < -0.4 is 5.32 Å². The lowest BCUT2D eigenvalue weighted by Gasteiger charge is -2.17. The average molecular weight is 222 g/mol. The number of hydrogen-bond acceptors (Lipinski definition) is 4. The van der Waals surface area contributed by atoms with Crippen molar-refractivity contribution in [1.29, 1.82) is 0 Å². The van der Waals surface area contributed by atoms with Crippen LogP contribution >= 0.6 is 0 Å². The van der Waals surface area contributed by atoms with Crippen LogP contribution in [0, 0.1) is 0 Å². The minimum atomic E-state index is -2.86. The summed E-state index contributed by atoms with van der Waals surface area (Å²) in [7, 11) is -0.811. The highest BCUT2D eigenvalue weighted by Gasteiger charge is 2.09. The van der Waals surface area contributed by atoms with Crippen molar-refractivity contribution < 1.29 is 8.42 Å². The van der Waals surface area contributed by atoms with Gasteiger partial charge in [0.05, 0.1) is 5.75 Å². The first-order valence-corrected chi connectivity index (χ1v) is 7.01. The van der Waals surface area contributed by atoms with Crippen LogP contribution in [0.15, 0.2) is 0 Å². The van der Waals surface area contributed by atoms with E-state index in [0.29, 0.717) is 0 Å². The Hall–Kier alpha value is -0.130. The SMILES string of the molecule is CCN(C)CCNC(C)CS(C)(=O)=O. The van der Waals surface area contributed by atoms with Gasteiger partial charge in [0.1, 0.15) is 9.84 Å². The van der Waals surface area contributed by atoms with Crippen molar-refractivity contribution in [2.75, 3.05) is 38.7 Å². The van der Waals surface area contributed by atoms with E-state index in [1.165, 1.54) is 6.26 Å². The van der Waals surface area contributed by atoms with Crippen molar-refractivity contribution in [3.05, 3.63) is 0 Å². The molecule has 0 aromatic carbocycles. The van der Waals surface area contributed by atoms with Crippen LogP contribution in [0.25, 0.3) is 0 Å². The molecule has 0 saturated carbocycles. The first kappa shape index (κ1) is 13.9. The fraction of sp³-hybridized carbons (Fsp3) is 1.00. The van der Waals surface area contributed by atoms with Crippen molar-refractivity contribution in [2.45, 2.75) is 19.9 Å². The molecule has 86 valence electrons. The first-order chi connectivity index (χ1) is 6.35. The van der Waals surface area contributed by atoms with E-state index in [-0.39, 0.29) is 11.8 Å². The topological polar surface area (TPSA) is 49.4 Å². The molecule has 5 heteroatoms. The van der Waals surface area contributed by atoms with Gasteiger partial charge in [-0.15, -0.1) is 0 Å². The van der Waals surface area contributed by atoms with Crippen LogP contribution in [0.4, 0.5) is 0 Å². The smallest absolute Gasteiger partial charge is 0.148 e. The standard InChI is InChI=1S/C9H22N2O2S/c1-5-11(3)7-6-10-9(2)8-14(4,12)13/h9-10H,5-8H2,1-4H3. The molecule has 0 fully saturated rings. The van der Waals surface area contributed by atoms with Gasteiger partial charge in [-0.05, 0) is 20.5 Å². The summed E-state index contributed by atoms with van der Waals surface area (Å²) >= 11 is 0. The largest absolute Gasteiger partial charge is 0.312 e. The van der Waals surface area contributed by atoms with Gasteiger partial charge in [0.25, 0.3) is 0 Å². The first-order valence-electron chi connectivity index (χ1n) is 4.94. The molecule has 0 aromatic heterocycles. The highest BCUT2D eigenvalue weighted by Crippen LogP contribution is 1.89. The summed E-state index contributed by atoms with van der Waals surface area (Å²) < 4.78 is 21.9. The Labute approximate surface area is 87.6 Å². The molecule has 0 aliphatic rings. The van der Waals surface area contributed by atoms with Crippen LogP contribution in [0.5, 0.6) is 0 Å². The van der Waals surface area contributed by atoms with E-state index < -0.39 is 9.84 Å². The molecule has 0 aromatic rings. The summed E-state index contributed by atoms with van der Waals surface area (Å²) in [5, 5.41) is 3.18. The fourth-order valence-electron chi connectivity index (χ4n) is 1.17. The summed E-state index contributed by atoms with van der Waals surface area (Å²) in [6, 6.07) is 0.0373. The predicted octanol–water partition coefficient (Wildman–Crippen LogP) is -0.0392. The summed E-state index contributed by atoms with van der Waals surface area (Å²) in [6.07, 6.45) is 1.27. The van der Waals surface area contributed by atoms with Gasteiger partial charge in [-0.3, -0.25) is 0 Å². The monoisotopic (exact) mass is 222 g/mol. The van der Waals surface area contributed by atoms with Crippen molar-refractivity contribution in [3.8, 4) is 0 Å². The highest BCUT2D eigenvalue weighted by atomic mass is 32.2. The zero-order valence-corrected chi connectivity index (χ0v) is 10.4. The Morgan fingerprint density at radius 2 is 2.00 bits per heavy atom. The number of nitrogens with zero attached hydrogens (tertiary/aromatic N) is 1. The van der Waals surface area contributed by atoms with Gasteiger partial charge in [-0.25, -0.2) is 8.42 Å². The Kier molecular flexibility index (Phi) is 6.31. The molecule has 4 nitrogen and oxygen atoms in total. The number of hydrogen-bond donors (Lipinski definition) is 1. The molecule has 1 unspecified atom stereocenters. The van der Waals surface area contributed by atoms with Crippen LogP contribution in [-0.2, 0) is 9.84 Å². The number of rotatable bonds is 7. The van der Waals surface area contributed by atoms with Crippen LogP contribution in [0.2, 0.25) is 0 Å². The minimum Gasteiger partial charge on any atom is -0.312 e. The molecular formula is C9H22N2O2S. The second kappa shape index (κ2) is 6.37. The molecule has 0 rings (SSSR count). The van der Waals surface area contributed by atoms with Gasteiger partial charge >= 0.3 is 0 Å². The molecule has 0 amide bonds. The van der Waals surface area contributed by atoms with Gasteiger partial charge in [-0.1, -0.05) is 6.92 Å². The summed E-state index contributed by atoms with van der Waals surface area (Å²) in [6.45, 7) is 6.79. The van der Waals surface area contributed by atoms with Crippen molar-refractivity contribution in [3.63, 3.8) is 0 Å². The molecule has 0 aliphatic heterocycles. The van der Waals surface area contributed by atoms with Gasteiger partial charge < -0.3 is 10.2 Å². The van der Waals surface area contributed by atoms with Gasteiger partial charge in [-0.2, -0.15) is 0 Å². The summed E-state index contributed by atoms with van der Waals surface area (Å²) in [5.41, 5.74) is 0. The van der Waals surface area contributed by atoms with Crippen molar-refractivity contribution >= 4 is 9.84 Å². The van der Waals surface area contributed by atoms with E-state index in [9.17, 15) is 8.42 Å². The molecular weight excluding hydrogens is 200 g/mol. The zero-order chi connectivity index (χ0) is 11.2. The highest BCUT2D eigenvalue weighted by molar-refractivity contribution is 7.90. The number of nitrogens with one attached hydrogen (secondary N) is 1. The van der Waals surface area contributed by atoms with E-state index in [4.69, 9.17) is 0 Å². The van der Waals surface area contributed by atoms with Gasteiger partial charge in [0.2, 0.25) is 0 Å². The van der Waals surface area contributed by atoms with E-state index in [0.717, 1.165) is 19.6 Å². The lowest BCUT2D eigenvalue weighted by Crippen LogP contribution is -2.37. The number of sulfone groups is 1. The summed E-state index contributed by atoms with van der Waals surface area (Å²) in [5.74, 6) is 0.211. The molecule has 0 heterocycles. The second-order valence-electron chi connectivity index (χ2n) is 3.84. The zero-order valence-electron chi connectivity index (χ0n) is 9.58. The van der Waals surface area contributed by atoms with E-state index in [1.54, 1.807) is 0 Å². The molecule has 0 radical (unpaired) electrons. The van der Waals surface area contributed by atoms with Gasteiger partial charge in [0.15, 0.2) is 0 Å². The van der Waals surface area contributed by atoms with Gasteiger partial charge in [0, 0.05) is 25.4 Å². The van der Waals surface area contributed by atoms with E-state index in [2.05, 4.69) is 17.1 Å². The number of likely N-dealkylation sites (N-methyl/N-ethyl adjacent to an activating group) is 1. The van der Waals surface area contributed by atoms with Crippen molar-refractivity contribution in [2.24, 2.45) is 0 Å². The lowest BCUT2D eigenvalue weighted by molar-refractivity contribution is 0.344. The average Bonchev–Trinajstić information content (AvgIpc) is 2.00. The predicted molar refractivity (Wildman–Crippen MR) is 60.3 cm³/mol. The molecule has 1 N–H and O–H groups in total. The fourth-order valence-corrected chi connectivity index (χ4v) is 2.20. The maximum atomic E-state index is 10.9. The Bertz CT molecular complexity index is 239. The Balaban J connectivity index is 3.60. The molecule has 14 heavy (non-hydrogen) atoms. The molecule has 1 atom stereocenters. The normalized spacial score (nSPS) is 14.6. The van der Waals surface area contributed by atoms with E-state index >= 15 is 0 Å². The van der Waals surface area contributed by atoms with E-state index in [1.807, 2.05) is 14.0 Å². The summed E-state index contributed by atoms with van der Waals surface area (Å²) in [4.78, 5) is 2.18. The van der Waals surface area contributed by atoms with Crippen LogP contribution in [0.3, 0.4) is 0 Å². The third kappa shape index (κ3) is 8.47.